The molecule has 7 heteroatoms. The Balaban J connectivity index is 2.31. The number of aryl methyl sites for hydroxylation is 3. The molecule has 0 saturated heterocycles. The van der Waals surface area contributed by atoms with Gasteiger partial charge in [-0.05, 0) is 25.0 Å². The van der Waals surface area contributed by atoms with Gasteiger partial charge in [-0.1, -0.05) is 23.8 Å². The molecular weight excluding hydrogens is 288 g/mol. The number of hydrogen-bond acceptors (Lipinski definition) is 4. The molecule has 0 unspecified atom stereocenters. The van der Waals surface area contributed by atoms with Crippen LogP contribution in [0, 0.1) is 13.8 Å². The van der Waals surface area contributed by atoms with E-state index in [1.165, 1.54) is 15.2 Å². The van der Waals surface area contributed by atoms with Crippen LogP contribution in [0.2, 0.25) is 0 Å². The van der Waals surface area contributed by atoms with Gasteiger partial charge in [0.25, 0.3) is 0 Å². The Morgan fingerprint density at radius 1 is 1.33 bits per heavy atom. The molecule has 114 valence electrons. The SMILES string of the molecule is Cc1ccc(CN(C)S(=O)(=O)c2cn(C)nc2N)c(C)c1. The van der Waals surface area contributed by atoms with Crippen LogP contribution in [0.4, 0.5) is 5.82 Å². The van der Waals surface area contributed by atoms with Gasteiger partial charge in [-0.25, -0.2) is 8.42 Å². The molecule has 1 aromatic carbocycles. The van der Waals surface area contributed by atoms with Gasteiger partial charge >= 0.3 is 0 Å². The van der Waals surface area contributed by atoms with Crippen LogP contribution < -0.4 is 5.73 Å². The summed E-state index contributed by atoms with van der Waals surface area (Å²) in [5, 5.41) is 3.88. The summed E-state index contributed by atoms with van der Waals surface area (Å²) in [4.78, 5) is 0.0391. The minimum absolute atomic E-state index is 0.0185. The van der Waals surface area contributed by atoms with E-state index in [0.717, 1.165) is 16.7 Å². The van der Waals surface area contributed by atoms with E-state index in [2.05, 4.69) is 5.10 Å². The normalized spacial score (nSPS) is 12.0. The Hall–Kier alpha value is -1.86. The van der Waals surface area contributed by atoms with Crippen LogP contribution in [0.1, 0.15) is 16.7 Å². The molecular formula is C14H20N4O2S. The zero-order valence-corrected chi connectivity index (χ0v) is 13.5. The predicted octanol–water partition coefficient (Wildman–Crippen LogP) is 1.44. The average Bonchev–Trinajstić information content (AvgIpc) is 2.72. The second kappa shape index (κ2) is 5.50. The summed E-state index contributed by atoms with van der Waals surface area (Å²) in [6.07, 6.45) is 1.42. The largest absolute Gasteiger partial charge is 0.381 e. The fraction of sp³-hybridized carbons (Fsp3) is 0.357. The van der Waals surface area contributed by atoms with Crippen LogP contribution in [0.3, 0.4) is 0 Å². The van der Waals surface area contributed by atoms with Gasteiger partial charge in [-0.15, -0.1) is 0 Å². The average molecular weight is 308 g/mol. The maximum absolute atomic E-state index is 12.5. The summed E-state index contributed by atoms with van der Waals surface area (Å²) in [5.74, 6) is 0.0185. The van der Waals surface area contributed by atoms with Gasteiger partial charge in [0, 0.05) is 26.8 Å². The molecule has 0 amide bonds. The topological polar surface area (TPSA) is 81.2 Å². The summed E-state index contributed by atoms with van der Waals surface area (Å²) in [6.45, 7) is 4.28. The van der Waals surface area contributed by atoms with Gasteiger partial charge < -0.3 is 5.73 Å². The first kappa shape index (κ1) is 15.5. The van der Waals surface area contributed by atoms with Crippen LogP contribution >= 0.6 is 0 Å². The number of rotatable bonds is 4. The third-order valence-corrected chi connectivity index (χ3v) is 5.22. The molecule has 1 heterocycles. The number of nitrogens with zero attached hydrogens (tertiary/aromatic N) is 3. The number of nitrogens with two attached hydrogens (primary N) is 1. The number of benzene rings is 1. The summed E-state index contributed by atoms with van der Waals surface area (Å²) in [5.41, 5.74) is 8.85. The first-order valence-electron chi connectivity index (χ1n) is 6.53. The smallest absolute Gasteiger partial charge is 0.248 e. The van der Waals surface area contributed by atoms with E-state index in [1.807, 2.05) is 32.0 Å². The van der Waals surface area contributed by atoms with Crippen molar-refractivity contribution in [2.24, 2.45) is 7.05 Å². The van der Waals surface area contributed by atoms with Crippen molar-refractivity contribution in [1.82, 2.24) is 14.1 Å². The minimum atomic E-state index is -3.65. The van der Waals surface area contributed by atoms with Crippen molar-refractivity contribution in [1.29, 1.82) is 0 Å². The van der Waals surface area contributed by atoms with Crippen LogP contribution in [0.15, 0.2) is 29.3 Å². The van der Waals surface area contributed by atoms with E-state index >= 15 is 0 Å². The first-order chi connectivity index (χ1) is 9.71. The van der Waals surface area contributed by atoms with Gasteiger partial charge in [0.2, 0.25) is 10.0 Å². The molecule has 0 aliphatic rings. The summed E-state index contributed by atoms with van der Waals surface area (Å²) in [6, 6.07) is 5.96. The Morgan fingerprint density at radius 2 is 2.00 bits per heavy atom. The highest BCUT2D eigenvalue weighted by Gasteiger charge is 2.26. The lowest BCUT2D eigenvalue weighted by Crippen LogP contribution is -2.27. The summed E-state index contributed by atoms with van der Waals surface area (Å²) < 4.78 is 27.8. The number of hydrogen-bond donors (Lipinski definition) is 1. The lowest BCUT2D eigenvalue weighted by atomic mass is 10.1. The molecule has 6 nitrogen and oxygen atoms in total. The molecule has 2 rings (SSSR count). The van der Waals surface area contributed by atoms with Crippen LogP contribution in [0.25, 0.3) is 0 Å². The standard InChI is InChI=1S/C14H20N4O2S/c1-10-5-6-12(11(2)7-10)8-18(4)21(19,20)13-9-17(3)16-14(13)15/h5-7,9H,8H2,1-4H3,(H2,15,16). The van der Waals surface area contributed by atoms with Crippen molar-refractivity contribution in [3.05, 3.63) is 41.1 Å². The van der Waals surface area contributed by atoms with Crippen molar-refractivity contribution >= 4 is 15.8 Å². The summed E-state index contributed by atoms with van der Waals surface area (Å²) >= 11 is 0. The molecule has 0 spiro atoms. The Morgan fingerprint density at radius 3 is 2.52 bits per heavy atom. The second-order valence-electron chi connectivity index (χ2n) is 5.24. The zero-order valence-electron chi connectivity index (χ0n) is 12.7. The molecule has 21 heavy (non-hydrogen) atoms. The van der Waals surface area contributed by atoms with E-state index < -0.39 is 10.0 Å². The van der Waals surface area contributed by atoms with Crippen molar-refractivity contribution in [2.45, 2.75) is 25.3 Å². The molecule has 2 aromatic rings. The molecule has 0 bridgehead atoms. The minimum Gasteiger partial charge on any atom is -0.381 e. The highest BCUT2D eigenvalue weighted by molar-refractivity contribution is 7.89. The fourth-order valence-corrected chi connectivity index (χ4v) is 3.43. The molecule has 0 saturated carbocycles. The highest BCUT2D eigenvalue weighted by Crippen LogP contribution is 2.22. The molecule has 1 aromatic heterocycles. The van der Waals surface area contributed by atoms with Crippen LogP contribution in [-0.2, 0) is 23.6 Å². The highest BCUT2D eigenvalue weighted by atomic mass is 32.2. The van der Waals surface area contributed by atoms with Gasteiger partial charge in [-0.3, -0.25) is 4.68 Å². The fourth-order valence-electron chi connectivity index (χ4n) is 2.20. The zero-order chi connectivity index (χ0) is 15.8. The molecule has 0 aliphatic carbocycles. The predicted molar refractivity (Wildman–Crippen MR) is 82.2 cm³/mol. The van der Waals surface area contributed by atoms with E-state index in [0.29, 0.717) is 6.54 Å². The molecule has 0 fully saturated rings. The van der Waals surface area contributed by atoms with Crippen LogP contribution in [-0.4, -0.2) is 29.6 Å². The van der Waals surface area contributed by atoms with Gasteiger partial charge in [0.15, 0.2) is 5.82 Å². The summed E-state index contributed by atoms with van der Waals surface area (Å²) in [7, 11) is -0.468. The van der Waals surface area contributed by atoms with Crippen molar-refractivity contribution < 1.29 is 8.42 Å². The van der Waals surface area contributed by atoms with Crippen LogP contribution in [0.5, 0.6) is 0 Å². The molecule has 0 aliphatic heterocycles. The Kier molecular flexibility index (Phi) is 4.06. The third-order valence-electron chi connectivity index (χ3n) is 3.40. The van der Waals surface area contributed by atoms with Gasteiger partial charge in [0.1, 0.15) is 4.90 Å². The van der Waals surface area contributed by atoms with Gasteiger partial charge in [0.05, 0.1) is 0 Å². The second-order valence-corrected chi connectivity index (χ2v) is 7.26. The monoisotopic (exact) mass is 308 g/mol. The number of nitrogen functional groups attached to an aromatic ring is 1. The number of anilines is 1. The number of sulfonamides is 1. The quantitative estimate of drug-likeness (QED) is 0.926. The lowest BCUT2D eigenvalue weighted by Gasteiger charge is -2.18. The first-order valence-corrected chi connectivity index (χ1v) is 7.97. The van der Waals surface area contributed by atoms with Gasteiger partial charge in [-0.2, -0.15) is 9.40 Å². The maximum atomic E-state index is 12.5. The Bertz CT molecular complexity index is 765. The third kappa shape index (κ3) is 3.08. The van der Waals surface area contributed by atoms with E-state index in [1.54, 1.807) is 14.1 Å². The van der Waals surface area contributed by atoms with E-state index in [-0.39, 0.29) is 10.7 Å². The van der Waals surface area contributed by atoms with Crippen molar-refractivity contribution in [2.75, 3.05) is 12.8 Å². The number of aromatic nitrogens is 2. The molecule has 0 radical (unpaired) electrons. The molecule has 0 atom stereocenters. The molecule has 2 N–H and O–H groups in total. The van der Waals surface area contributed by atoms with E-state index in [9.17, 15) is 8.42 Å². The van der Waals surface area contributed by atoms with E-state index in [4.69, 9.17) is 5.73 Å². The van der Waals surface area contributed by atoms with Crippen molar-refractivity contribution in [3.8, 4) is 0 Å². The lowest BCUT2D eigenvalue weighted by molar-refractivity contribution is 0.466. The van der Waals surface area contributed by atoms with Crippen molar-refractivity contribution in [3.63, 3.8) is 0 Å². The Labute approximate surface area is 125 Å². The maximum Gasteiger partial charge on any atom is 0.248 e.